The molecule has 1 aromatic rings. The van der Waals surface area contributed by atoms with E-state index in [1.165, 1.54) is 44.2 Å². The molecule has 2 fully saturated rings. The third-order valence-electron chi connectivity index (χ3n) is 5.40. The van der Waals surface area contributed by atoms with Crippen LogP contribution in [0.5, 0.6) is 0 Å². The van der Waals surface area contributed by atoms with E-state index in [2.05, 4.69) is 46.7 Å². The van der Waals surface area contributed by atoms with Crippen molar-refractivity contribution in [1.82, 2.24) is 10.6 Å². The summed E-state index contributed by atoms with van der Waals surface area (Å²) in [5.74, 6) is 0. The maximum Gasteiger partial charge on any atom is 0.315 e. The first-order valence-corrected chi connectivity index (χ1v) is 9.64. The molecular weight excluding hydrogens is 298 g/mol. The van der Waals surface area contributed by atoms with Gasteiger partial charge in [0.2, 0.25) is 0 Å². The first-order valence-electron chi connectivity index (χ1n) is 9.64. The molecule has 1 atom stereocenters. The molecule has 3 rings (SSSR count). The van der Waals surface area contributed by atoms with Gasteiger partial charge in [0.15, 0.2) is 0 Å². The molecule has 0 unspecified atom stereocenters. The Kier molecular flexibility index (Phi) is 6.00. The van der Waals surface area contributed by atoms with Crippen molar-refractivity contribution in [3.8, 4) is 0 Å². The molecule has 132 valence electrons. The van der Waals surface area contributed by atoms with Gasteiger partial charge in [-0.3, -0.25) is 0 Å². The molecule has 0 aromatic heterocycles. The van der Waals surface area contributed by atoms with Crippen LogP contribution >= 0.6 is 0 Å². The predicted molar refractivity (Wildman–Crippen MR) is 99.5 cm³/mol. The number of piperidine rings is 1. The van der Waals surface area contributed by atoms with E-state index in [0.717, 1.165) is 31.5 Å². The summed E-state index contributed by atoms with van der Waals surface area (Å²) in [4.78, 5) is 14.6. The molecule has 0 radical (unpaired) electrons. The van der Waals surface area contributed by atoms with E-state index < -0.39 is 0 Å². The van der Waals surface area contributed by atoms with Gasteiger partial charge in [-0.15, -0.1) is 0 Å². The van der Waals surface area contributed by atoms with Crippen molar-refractivity contribution in [3.63, 3.8) is 0 Å². The van der Waals surface area contributed by atoms with Crippen LogP contribution in [0.1, 0.15) is 69.9 Å². The Morgan fingerprint density at radius 3 is 2.29 bits per heavy atom. The monoisotopic (exact) mass is 329 g/mol. The van der Waals surface area contributed by atoms with Gasteiger partial charge in [0.05, 0.1) is 6.04 Å². The average Bonchev–Trinajstić information content (AvgIpc) is 2.63. The average molecular weight is 329 g/mol. The lowest BCUT2D eigenvalue weighted by atomic mass is 9.96. The van der Waals surface area contributed by atoms with Gasteiger partial charge in [-0.2, -0.15) is 0 Å². The SMILES string of the molecule is C[C@H](NC(=O)NC1CCCCC1)c1ccc(N2CCCCC2)cc1. The molecule has 1 saturated heterocycles. The molecule has 1 aliphatic heterocycles. The van der Waals surface area contributed by atoms with E-state index in [0.29, 0.717) is 6.04 Å². The van der Waals surface area contributed by atoms with Crippen molar-refractivity contribution >= 4 is 11.7 Å². The number of amides is 2. The number of hydrogen-bond acceptors (Lipinski definition) is 2. The minimum Gasteiger partial charge on any atom is -0.372 e. The molecule has 2 amide bonds. The molecule has 0 bridgehead atoms. The van der Waals surface area contributed by atoms with E-state index in [4.69, 9.17) is 0 Å². The summed E-state index contributed by atoms with van der Waals surface area (Å²) in [7, 11) is 0. The predicted octanol–water partition coefficient (Wildman–Crippen LogP) is 4.37. The smallest absolute Gasteiger partial charge is 0.315 e. The highest BCUT2D eigenvalue weighted by molar-refractivity contribution is 5.74. The Balaban J connectivity index is 1.50. The second kappa shape index (κ2) is 8.41. The summed E-state index contributed by atoms with van der Waals surface area (Å²) in [5, 5.41) is 6.20. The Morgan fingerprint density at radius 2 is 1.62 bits per heavy atom. The lowest BCUT2D eigenvalue weighted by Crippen LogP contribution is -2.43. The highest BCUT2D eigenvalue weighted by Gasteiger charge is 2.17. The van der Waals surface area contributed by atoms with Crippen LogP contribution in [0.2, 0.25) is 0 Å². The van der Waals surface area contributed by atoms with E-state index in [1.54, 1.807) is 0 Å². The Labute approximate surface area is 146 Å². The second-order valence-electron chi connectivity index (χ2n) is 7.31. The third-order valence-corrected chi connectivity index (χ3v) is 5.40. The molecule has 4 heteroatoms. The zero-order valence-electron chi connectivity index (χ0n) is 14.9. The van der Waals surface area contributed by atoms with E-state index >= 15 is 0 Å². The highest BCUT2D eigenvalue weighted by atomic mass is 16.2. The summed E-state index contributed by atoms with van der Waals surface area (Å²) in [6.07, 6.45) is 9.95. The van der Waals surface area contributed by atoms with Crippen LogP contribution in [0.25, 0.3) is 0 Å². The first kappa shape index (κ1) is 17.1. The molecule has 1 saturated carbocycles. The summed E-state index contributed by atoms with van der Waals surface area (Å²) in [6.45, 7) is 4.38. The lowest BCUT2D eigenvalue weighted by Gasteiger charge is -2.29. The van der Waals surface area contributed by atoms with Crippen molar-refractivity contribution in [2.75, 3.05) is 18.0 Å². The van der Waals surface area contributed by atoms with E-state index in [1.807, 2.05) is 0 Å². The van der Waals surface area contributed by atoms with Gasteiger partial charge < -0.3 is 15.5 Å². The number of urea groups is 1. The quantitative estimate of drug-likeness (QED) is 0.861. The van der Waals surface area contributed by atoms with Gasteiger partial charge in [0.1, 0.15) is 0 Å². The number of benzene rings is 1. The van der Waals surface area contributed by atoms with Crippen molar-refractivity contribution in [1.29, 1.82) is 0 Å². The highest BCUT2D eigenvalue weighted by Crippen LogP contribution is 2.22. The Hall–Kier alpha value is -1.71. The minimum absolute atomic E-state index is 0.0315. The fourth-order valence-corrected chi connectivity index (χ4v) is 3.88. The summed E-state index contributed by atoms with van der Waals surface area (Å²) >= 11 is 0. The first-order chi connectivity index (χ1) is 11.7. The number of hydrogen-bond donors (Lipinski definition) is 2. The van der Waals surface area contributed by atoms with Crippen molar-refractivity contribution in [2.24, 2.45) is 0 Å². The molecule has 24 heavy (non-hydrogen) atoms. The minimum atomic E-state index is -0.0329. The van der Waals surface area contributed by atoms with Gasteiger partial charge in [-0.25, -0.2) is 4.79 Å². The zero-order valence-corrected chi connectivity index (χ0v) is 14.9. The number of rotatable bonds is 4. The van der Waals surface area contributed by atoms with Crippen molar-refractivity contribution in [3.05, 3.63) is 29.8 Å². The van der Waals surface area contributed by atoms with E-state index in [9.17, 15) is 4.79 Å². The summed E-state index contributed by atoms with van der Waals surface area (Å²) in [6, 6.07) is 9.03. The van der Waals surface area contributed by atoms with Crippen LogP contribution in [0, 0.1) is 0 Å². The zero-order chi connectivity index (χ0) is 16.8. The molecule has 0 spiro atoms. The molecule has 1 heterocycles. The lowest BCUT2D eigenvalue weighted by molar-refractivity contribution is 0.229. The molecule has 4 nitrogen and oxygen atoms in total. The second-order valence-corrected chi connectivity index (χ2v) is 7.31. The van der Waals surface area contributed by atoms with Crippen LogP contribution in [0.4, 0.5) is 10.5 Å². The van der Waals surface area contributed by atoms with Crippen LogP contribution < -0.4 is 15.5 Å². The molecule has 1 aromatic carbocycles. The van der Waals surface area contributed by atoms with Gasteiger partial charge >= 0.3 is 6.03 Å². The summed E-state index contributed by atoms with van der Waals surface area (Å²) in [5.41, 5.74) is 2.46. The largest absolute Gasteiger partial charge is 0.372 e. The summed E-state index contributed by atoms with van der Waals surface area (Å²) < 4.78 is 0. The fraction of sp³-hybridized carbons (Fsp3) is 0.650. The number of nitrogens with one attached hydrogen (secondary N) is 2. The number of nitrogens with zero attached hydrogens (tertiary/aromatic N) is 1. The fourth-order valence-electron chi connectivity index (χ4n) is 3.88. The van der Waals surface area contributed by atoms with Crippen molar-refractivity contribution < 1.29 is 4.79 Å². The maximum atomic E-state index is 12.2. The van der Waals surface area contributed by atoms with Gasteiger partial charge in [0, 0.05) is 24.8 Å². The van der Waals surface area contributed by atoms with Crippen molar-refractivity contribution in [2.45, 2.75) is 70.4 Å². The number of carbonyl (C=O) groups is 1. The number of carbonyl (C=O) groups excluding carboxylic acids is 1. The normalized spacial score (nSPS) is 20.5. The molecule has 2 N–H and O–H groups in total. The molecule has 2 aliphatic rings. The van der Waals surface area contributed by atoms with Crippen LogP contribution in [-0.2, 0) is 0 Å². The Morgan fingerprint density at radius 1 is 1.00 bits per heavy atom. The third kappa shape index (κ3) is 4.65. The maximum absolute atomic E-state index is 12.2. The van der Waals surface area contributed by atoms with Crippen LogP contribution in [0.3, 0.4) is 0 Å². The van der Waals surface area contributed by atoms with Gasteiger partial charge in [0.25, 0.3) is 0 Å². The van der Waals surface area contributed by atoms with Crippen LogP contribution in [0.15, 0.2) is 24.3 Å². The van der Waals surface area contributed by atoms with E-state index in [-0.39, 0.29) is 12.1 Å². The topological polar surface area (TPSA) is 44.4 Å². The van der Waals surface area contributed by atoms with Crippen LogP contribution in [-0.4, -0.2) is 25.2 Å². The number of anilines is 1. The standard InChI is InChI=1S/C20H31N3O/c1-16(21-20(24)22-18-8-4-2-5-9-18)17-10-12-19(13-11-17)23-14-6-3-7-15-23/h10-13,16,18H,2-9,14-15H2,1H3,(H2,21,22,24)/t16-/m0/s1. The molecule has 1 aliphatic carbocycles. The molecular formula is C20H31N3O. The van der Waals surface area contributed by atoms with Gasteiger partial charge in [-0.1, -0.05) is 31.4 Å². The van der Waals surface area contributed by atoms with Gasteiger partial charge in [-0.05, 0) is 56.7 Å². The Bertz CT molecular complexity index is 516.